The molecule has 1 saturated heterocycles. The summed E-state index contributed by atoms with van der Waals surface area (Å²) in [4.78, 5) is 8.09. The first-order valence-electron chi connectivity index (χ1n) is 5.71. The van der Waals surface area contributed by atoms with E-state index < -0.39 is 6.23 Å². The van der Waals surface area contributed by atoms with Gasteiger partial charge in [0.25, 0.3) is 0 Å². The van der Waals surface area contributed by atoms with Crippen LogP contribution in [0.2, 0.25) is 5.28 Å². The van der Waals surface area contributed by atoms with Gasteiger partial charge < -0.3 is 25.2 Å². The van der Waals surface area contributed by atoms with Crippen LogP contribution in [0.4, 0.5) is 11.5 Å². The number of anilines is 2. The Hall–Kier alpha value is -1.31. The second-order valence-corrected chi connectivity index (χ2v) is 4.54. The highest BCUT2D eigenvalue weighted by atomic mass is 35.5. The lowest BCUT2D eigenvalue weighted by atomic mass is 10.2. The highest BCUT2D eigenvalue weighted by Gasteiger charge is 2.25. The smallest absolute Gasteiger partial charge is 0.244 e. The summed E-state index contributed by atoms with van der Waals surface area (Å²) in [6.07, 6.45) is 0.127. The summed E-state index contributed by atoms with van der Waals surface area (Å²) in [5, 5.41) is 15.7. The van der Waals surface area contributed by atoms with Crippen molar-refractivity contribution < 1.29 is 14.6 Å². The number of hydrogen-bond donors (Lipinski definition) is 3. The van der Waals surface area contributed by atoms with E-state index in [9.17, 15) is 5.11 Å². The van der Waals surface area contributed by atoms with Crippen LogP contribution in [0.5, 0.6) is 5.88 Å². The summed E-state index contributed by atoms with van der Waals surface area (Å²) < 4.78 is 10.6. The van der Waals surface area contributed by atoms with Crippen molar-refractivity contribution in [2.45, 2.75) is 18.7 Å². The average molecular weight is 273 g/mol. The van der Waals surface area contributed by atoms with Gasteiger partial charge in [-0.1, -0.05) is 0 Å². The number of rotatable bonds is 2. The predicted octanol–water partition coefficient (Wildman–Crippen LogP) is 0.453. The molecule has 0 aromatic carbocycles. The molecule has 2 aliphatic heterocycles. The number of nitrogens with one attached hydrogen (secondary N) is 2. The van der Waals surface area contributed by atoms with Crippen LogP contribution in [-0.2, 0) is 4.74 Å². The first kappa shape index (κ1) is 11.8. The van der Waals surface area contributed by atoms with Gasteiger partial charge in [-0.3, -0.25) is 0 Å². The third kappa shape index (κ3) is 2.29. The van der Waals surface area contributed by atoms with Gasteiger partial charge in [0.2, 0.25) is 11.2 Å². The van der Waals surface area contributed by atoms with Gasteiger partial charge in [-0.15, -0.1) is 0 Å². The van der Waals surface area contributed by atoms with Gasteiger partial charge >= 0.3 is 0 Å². The third-order valence-electron chi connectivity index (χ3n) is 2.81. The Labute approximate surface area is 108 Å². The molecule has 0 saturated carbocycles. The van der Waals surface area contributed by atoms with Crippen LogP contribution >= 0.6 is 11.6 Å². The largest absolute Gasteiger partial charge is 0.471 e. The Balaban J connectivity index is 1.89. The lowest BCUT2D eigenvalue weighted by molar-refractivity contribution is 0.116. The molecule has 0 aliphatic carbocycles. The first-order valence-corrected chi connectivity index (χ1v) is 6.09. The summed E-state index contributed by atoms with van der Waals surface area (Å²) >= 11 is 5.84. The molecule has 2 aliphatic rings. The van der Waals surface area contributed by atoms with E-state index in [1.165, 1.54) is 0 Å². The summed E-state index contributed by atoms with van der Waals surface area (Å²) in [7, 11) is 0. The average Bonchev–Trinajstić information content (AvgIpc) is 2.83. The predicted molar refractivity (Wildman–Crippen MR) is 65.0 cm³/mol. The number of aliphatic hydroxyl groups is 1. The Morgan fingerprint density at radius 2 is 2.28 bits per heavy atom. The zero-order chi connectivity index (χ0) is 12.5. The second kappa shape index (κ2) is 4.75. The van der Waals surface area contributed by atoms with Gasteiger partial charge in [0.1, 0.15) is 12.3 Å². The van der Waals surface area contributed by atoms with E-state index in [0.717, 1.165) is 13.0 Å². The van der Waals surface area contributed by atoms with Gasteiger partial charge in [0.15, 0.2) is 12.0 Å². The Morgan fingerprint density at radius 1 is 1.39 bits per heavy atom. The zero-order valence-electron chi connectivity index (χ0n) is 9.52. The van der Waals surface area contributed by atoms with Crippen molar-refractivity contribution in [3.8, 4) is 5.88 Å². The van der Waals surface area contributed by atoms with E-state index in [1.807, 2.05) is 0 Å². The topological polar surface area (TPSA) is 88.5 Å². The number of aromatic nitrogens is 2. The van der Waals surface area contributed by atoms with E-state index >= 15 is 0 Å². The van der Waals surface area contributed by atoms with Crippen molar-refractivity contribution in [1.29, 1.82) is 0 Å². The lowest BCUT2D eigenvalue weighted by Crippen LogP contribution is -2.33. The minimum atomic E-state index is -0.775. The van der Waals surface area contributed by atoms with Crippen molar-refractivity contribution in [2.75, 3.05) is 30.5 Å². The van der Waals surface area contributed by atoms with Crippen molar-refractivity contribution in [3.05, 3.63) is 5.28 Å². The normalized spacial score (nSPS) is 26.1. The van der Waals surface area contributed by atoms with Gasteiger partial charge in [-0.05, 0) is 18.0 Å². The fourth-order valence-corrected chi connectivity index (χ4v) is 2.12. The van der Waals surface area contributed by atoms with Crippen LogP contribution < -0.4 is 15.4 Å². The number of ether oxygens (including phenoxy) is 2. The Bertz CT molecular complexity index is 453. The standard InChI is InChI=1S/C10H13ClN4O3/c11-10-14-8(12-5-1-2-17-3-5)7-9(15-10)18-4-6(16)13-7/h5-6,13,16H,1-4H2,(H,12,14,15). The second-order valence-electron chi connectivity index (χ2n) is 4.20. The molecule has 1 aromatic rings. The number of hydrogen-bond acceptors (Lipinski definition) is 7. The SMILES string of the molecule is OC1COc2nc(Cl)nc(NC3CCOC3)c2N1. The highest BCUT2D eigenvalue weighted by molar-refractivity contribution is 6.28. The molecule has 0 amide bonds. The molecule has 1 fully saturated rings. The minimum absolute atomic E-state index is 0.105. The van der Waals surface area contributed by atoms with E-state index in [4.69, 9.17) is 21.1 Å². The Morgan fingerprint density at radius 3 is 3.06 bits per heavy atom. The van der Waals surface area contributed by atoms with E-state index in [0.29, 0.717) is 24.0 Å². The van der Waals surface area contributed by atoms with Crippen LogP contribution in [0.15, 0.2) is 0 Å². The molecule has 18 heavy (non-hydrogen) atoms. The highest BCUT2D eigenvalue weighted by Crippen LogP contribution is 2.34. The molecule has 3 rings (SSSR count). The van der Waals surface area contributed by atoms with Gasteiger partial charge in [0, 0.05) is 6.61 Å². The van der Waals surface area contributed by atoms with E-state index in [2.05, 4.69) is 20.6 Å². The van der Waals surface area contributed by atoms with Crippen molar-refractivity contribution >= 4 is 23.1 Å². The fourth-order valence-electron chi connectivity index (χ4n) is 1.96. The monoisotopic (exact) mass is 272 g/mol. The molecular weight excluding hydrogens is 260 g/mol. The molecule has 98 valence electrons. The number of nitrogens with zero attached hydrogens (tertiary/aromatic N) is 2. The maximum Gasteiger partial charge on any atom is 0.244 e. The summed E-state index contributed by atoms with van der Waals surface area (Å²) in [6, 6.07) is 0.181. The molecule has 1 aromatic heterocycles. The van der Waals surface area contributed by atoms with Gasteiger partial charge in [-0.25, -0.2) is 0 Å². The van der Waals surface area contributed by atoms with E-state index in [-0.39, 0.29) is 17.9 Å². The van der Waals surface area contributed by atoms with Crippen molar-refractivity contribution in [2.24, 2.45) is 0 Å². The van der Waals surface area contributed by atoms with E-state index in [1.54, 1.807) is 0 Å². The van der Waals surface area contributed by atoms with Crippen LogP contribution in [0, 0.1) is 0 Å². The molecule has 3 N–H and O–H groups in total. The molecule has 8 heteroatoms. The molecule has 7 nitrogen and oxygen atoms in total. The summed E-state index contributed by atoms with van der Waals surface area (Å²) in [5.74, 6) is 0.876. The fraction of sp³-hybridized carbons (Fsp3) is 0.600. The molecule has 0 bridgehead atoms. The number of aliphatic hydroxyl groups excluding tert-OH is 1. The molecular formula is C10H13ClN4O3. The van der Waals surface area contributed by atoms with Crippen LogP contribution in [-0.4, -0.2) is 47.2 Å². The number of fused-ring (bicyclic) bond motifs is 1. The minimum Gasteiger partial charge on any atom is -0.471 e. The maximum absolute atomic E-state index is 9.53. The van der Waals surface area contributed by atoms with Crippen LogP contribution in [0.3, 0.4) is 0 Å². The summed E-state index contributed by atoms with van der Waals surface area (Å²) in [5.41, 5.74) is 0.532. The maximum atomic E-state index is 9.53. The molecule has 0 radical (unpaired) electrons. The molecule has 2 atom stereocenters. The first-order chi connectivity index (χ1) is 8.72. The molecule has 0 spiro atoms. The van der Waals surface area contributed by atoms with Gasteiger partial charge in [-0.2, -0.15) is 9.97 Å². The third-order valence-corrected chi connectivity index (χ3v) is 2.98. The van der Waals surface area contributed by atoms with Crippen LogP contribution in [0.25, 0.3) is 0 Å². The molecule has 2 unspecified atom stereocenters. The van der Waals surface area contributed by atoms with Crippen molar-refractivity contribution in [1.82, 2.24) is 9.97 Å². The van der Waals surface area contributed by atoms with Crippen LogP contribution in [0.1, 0.15) is 6.42 Å². The van der Waals surface area contributed by atoms with Crippen molar-refractivity contribution in [3.63, 3.8) is 0 Å². The quantitative estimate of drug-likeness (QED) is 0.674. The zero-order valence-corrected chi connectivity index (χ0v) is 10.3. The van der Waals surface area contributed by atoms with Gasteiger partial charge in [0.05, 0.1) is 12.6 Å². The Kier molecular flexibility index (Phi) is 3.11. The molecule has 3 heterocycles. The lowest BCUT2D eigenvalue weighted by Gasteiger charge is -2.25. The summed E-state index contributed by atoms with van der Waals surface area (Å²) in [6.45, 7) is 1.48. The number of halogens is 1.